The van der Waals surface area contributed by atoms with Crippen LogP contribution >= 0.6 is 0 Å². The minimum Gasteiger partial charge on any atom is -0.452 e. The number of nitrogens with one attached hydrogen (secondary N) is 1. The van der Waals surface area contributed by atoms with Crippen LogP contribution in [0.25, 0.3) is 10.9 Å². The molecule has 1 N–H and O–H groups in total. The average molecular weight is 352 g/mol. The Bertz CT molecular complexity index is 841. The number of carbonyl (C=O) groups excluding carboxylic acids is 2. The largest absolute Gasteiger partial charge is 0.452 e. The first kappa shape index (κ1) is 17.0. The highest BCUT2D eigenvalue weighted by atomic mass is 16.5. The molecule has 1 aromatic heterocycles. The lowest BCUT2D eigenvalue weighted by Gasteiger charge is -2.20. The summed E-state index contributed by atoms with van der Waals surface area (Å²) in [4.78, 5) is 29.7. The van der Waals surface area contributed by atoms with Crippen LogP contribution < -0.4 is 5.32 Å². The maximum atomic E-state index is 12.8. The van der Waals surface area contributed by atoms with E-state index in [4.69, 9.17) is 9.72 Å². The number of esters is 1. The highest BCUT2D eigenvalue weighted by molar-refractivity contribution is 6.05. The predicted molar refractivity (Wildman–Crippen MR) is 99.1 cm³/mol. The Hall–Kier alpha value is -2.43. The number of carbonyl (C=O) groups is 2. The van der Waals surface area contributed by atoms with Crippen molar-refractivity contribution in [2.24, 2.45) is 0 Å². The second-order valence-corrected chi connectivity index (χ2v) is 7.26. The van der Waals surface area contributed by atoms with E-state index in [-0.39, 0.29) is 18.6 Å². The van der Waals surface area contributed by atoms with Gasteiger partial charge >= 0.3 is 5.97 Å². The fourth-order valence-corrected chi connectivity index (χ4v) is 4.15. The molecule has 136 valence electrons. The van der Waals surface area contributed by atoms with Gasteiger partial charge in [-0.15, -0.1) is 0 Å². The van der Waals surface area contributed by atoms with Crippen molar-refractivity contribution in [3.63, 3.8) is 0 Å². The van der Waals surface area contributed by atoms with E-state index in [0.717, 1.165) is 73.5 Å². The van der Waals surface area contributed by atoms with Crippen molar-refractivity contribution in [1.82, 2.24) is 10.3 Å². The Morgan fingerprint density at radius 3 is 2.69 bits per heavy atom. The molecule has 1 heterocycles. The molecule has 0 unspecified atom stereocenters. The molecule has 0 radical (unpaired) electrons. The molecule has 5 heteroatoms. The van der Waals surface area contributed by atoms with Gasteiger partial charge in [-0.1, -0.05) is 31.0 Å². The quantitative estimate of drug-likeness (QED) is 0.857. The van der Waals surface area contributed by atoms with E-state index in [1.807, 2.05) is 24.3 Å². The third-order valence-corrected chi connectivity index (χ3v) is 5.43. The molecule has 0 atom stereocenters. The molecular weight excluding hydrogens is 328 g/mol. The van der Waals surface area contributed by atoms with Gasteiger partial charge in [0.15, 0.2) is 6.61 Å². The van der Waals surface area contributed by atoms with Gasteiger partial charge in [0.2, 0.25) is 0 Å². The first-order valence-electron chi connectivity index (χ1n) is 9.59. The molecule has 4 rings (SSSR count). The van der Waals surface area contributed by atoms with Crippen LogP contribution in [-0.2, 0) is 22.4 Å². The number of aromatic nitrogens is 1. The van der Waals surface area contributed by atoms with Gasteiger partial charge in [0.05, 0.1) is 11.1 Å². The van der Waals surface area contributed by atoms with Gasteiger partial charge < -0.3 is 10.1 Å². The van der Waals surface area contributed by atoms with E-state index >= 15 is 0 Å². The highest BCUT2D eigenvalue weighted by Gasteiger charge is 2.24. The van der Waals surface area contributed by atoms with Crippen LogP contribution in [0.1, 0.15) is 60.1 Å². The molecular formula is C21H24N2O3. The Labute approximate surface area is 153 Å². The summed E-state index contributed by atoms with van der Waals surface area (Å²) in [7, 11) is 0. The number of benzene rings is 1. The number of hydrogen-bond donors (Lipinski definition) is 1. The van der Waals surface area contributed by atoms with Gasteiger partial charge in [-0.3, -0.25) is 9.78 Å². The lowest BCUT2D eigenvalue weighted by atomic mass is 9.90. The molecule has 0 spiro atoms. The van der Waals surface area contributed by atoms with Crippen LogP contribution in [0.5, 0.6) is 0 Å². The number of pyridine rings is 1. The monoisotopic (exact) mass is 352 g/mol. The van der Waals surface area contributed by atoms with Crippen LogP contribution in [0.4, 0.5) is 0 Å². The Morgan fingerprint density at radius 2 is 1.85 bits per heavy atom. The summed E-state index contributed by atoms with van der Waals surface area (Å²) >= 11 is 0. The number of aryl methyl sites for hydroxylation is 1. The van der Waals surface area contributed by atoms with Gasteiger partial charge in [0.25, 0.3) is 5.91 Å². The maximum Gasteiger partial charge on any atom is 0.339 e. The lowest BCUT2D eigenvalue weighted by molar-refractivity contribution is -0.124. The average Bonchev–Trinajstić information content (AvgIpc) is 3.17. The van der Waals surface area contributed by atoms with Crippen molar-refractivity contribution in [3.05, 3.63) is 41.1 Å². The van der Waals surface area contributed by atoms with Crippen LogP contribution in [-0.4, -0.2) is 29.5 Å². The van der Waals surface area contributed by atoms with E-state index in [1.165, 1.54) is 0 Å². The normalized spacial score (nSPS) is 17.1. The van der Waals surface area contributed by atoms with Gasteiger partial charge in [0.1, 0.15) is 0 Å². The number of amides is 1. The Balaban J connectivity index is 1.55. The molecule has 2 aliphatic rings. The van der Waals surface area contributed by atoms with Crippen LogP contribution in [0, 0.1) is 0 Å². The van der Waals surface area contributed by atoms with Crippen LogP contribution in [0.3, 0.4) is 0 Å². The smallest absolute Gasteiger partial charge is 0.339 e. The summed E-state index contributed by atoms with van der Waals surface area (Å²) in [6.07, 6.45) is 8.21. The third kappa shape index (κ3) is 3.43. The van der Waals surface area contributed by atoms with E-state index in [9.17, 15) is 9.59 Å². The van der Waals surface area contributed by atoms with E-state index in [1.54, 1.807) is 0 Å². The van der Waals surface area contributed by atoms with Crippen molar-refractivity contribution in [1.29, 1.82) is 0 Å². The zero-order valence-corrected chi connectivity index (χ0v) is 14.9. The third-order valence-electron chi connectivity index (χ3n) is 5.43. The number of ether oxygens (including phenoxy) is 1. The zero-order chi connectivity index (χ0) is 17.9. The number of rotatable bonds is 4. The first-order valence-corrected chi connectivity index (χ1v) is 9.59. The van der Waals surface area contributed by atoms with Crippen molar-refractivity contribution >= 4 is 22.8 Å². The van der Waals surface area contributed by atoms with Crippen molar-refractivity contribution < 1.29 is 14.3 Å². The van der Waals surface area contributed by atoms with Crippen molar-refractivity contribution in [2.45, 2.75) is 57.4 Å². The molecule has 1 aromatic carbocycles. The Kier molecular flexibility index (Phi) is 4.87. The zero-order valence-electron chi connectivity index (χ0n) is 14.9. The number of hydrogen-bond acceptors (Lipinski definition) is 4. The lowest BCUT2D eigenvalue weighted by Crippen LogP contribution is -2.36. The Morgan fingerprint density at radius 1 is 1.08 bits per heavy atom. The molecule has 1 saturated carbocycles. The van der Waals surface area contributed by atoms with Gasteiger partial charge in [-0.05, 0) is 50.2 Å². The SMILES string of the molecule is O=C(COC(=O)c1c2c(nc3ccccc13)CCCC2)NC1CCCC1. The highest BCUT2D eigenvalue weighted by Crippen LogP contribution is 2.29. The topological polar surface area (TPSA) is 68.3 Å². The molecule has 26 heavy (non-hydrogen) atoms. The van der Waals surface area contributed by atoms with E-state index in [2.05, 4.69) is 5.32 Å². The molecule has 1 amide bonds. The number of para-hydroxylation sites is 1. The molecule has 2 aromatic rings. The molecule has 2 aliphatic carbocycles. The van der Waals surface area contributed by atoms with E-state index < -0.39 is 5.97 Å². The van der Waals surface area contributed by atoms with Gasteiger partial charge in [-0.25, -0.2) is 4.79 Å². The van der Waals surface area contributed by atoms with Gasteiger partial charge in [0, 0.05) is 17.1 Å². The molecule has 1 fully saturated rings. The second-order valence-electron chi connectivity index (χ2n) is 7.26. The molecule has 5 nitrogen and oxygen atoms in total. The van der Waals surface area contributed by atoms with Crippen LogP contribution in [0.2, 0.25) is 0 Å². The molecule has 0 bridgehead atoms. The number of fused-ring (bicyclic) bond motifs is 2. The standard InChI is InChI=1S/C21H24N2O3/c24-19(22-14-7-1-2-8-14)13-26-21(25)20-15-9-3-5-11-17(15)23-18-12-6-4-10-16(18)20/h3,5,9,11,14H,1-2,4,6-8,10,12-13H2,(H,22,24). The minimum atomic E-state index is -0.414. The molecule has 0 saturated heterocycles. The maximum absolute atomic E-state index is 12.8. The molecule has 0 aliphatic heterocycles. The minimum absolute atomic E-state index is 0.211. The summed E-state index contributed by atoms with van der Waals surface area (Å²) in [6, 6.07) is 7.90. The summed E-state index contributed by atoms with van der Waals surface area (Å²) < 4.78 is 5.40. The summed E-state index contributed by atoms with van der Waals surface area (Å²) in [6.45, 7) is -0.221. The predicted octanol–water partition coefficient (Wildman–Crippen LogP) is 3.33. The first-order chi connectivity index (χ1) is 12.7. The fraction of sp³-hybridized carbons (Fsp3) is 0.476. The van der Waals surface area contributed by atoms with E-state index in [0.29, 0.717) is 5.56 Å². The second kappa shape index (κ2) is 7.44. The fourth-order valence-electron chi connectivity index (χ4n) is 4.15. The van der Waals surface area contributed by atoms with Crippen molar-refractivity contribution in [3.8, 4) is 0 Å². The summed E-state index contributed by atoms with van der Waals surface area (Å²) in [5.74, 6) is -0.624. The van der Waals surface area contributed by atoms with Crippen molar-refractivity contribution in [2.75, 3.05) is 6.61 Å². The van der Waals surface area contributed by atoms with Crippen LogP contribution in [0.15, 0.2) is 24.3 Å². The summed E-state index contributed by atoms with van der Waals surface area (Å²) in [5, 5.41) is 3.77. The van der Waals surface area contributed by atoms with Gasteiger partial charge in [-0.2, -0.15) is 0 Å². The summed E-state index contributed by atoms with van der Waals surface area (Å²) in [5.41, 5.74) is 3.41. The number of nitrogens with zero attached hydrogens (tertiary/aromatic N) is 1.